The molecule has 40 heavy (non-hydrogen) atoms. The molecule has 0 aliphatic heterocycles. The second kappa shape index (κ2) is 13.8. The molecule has 2 N–H and O–H groups in total. The average Bonchev–Trinajstić information content (AvgIpc) is 3.35. The second-order valence-electron chi connectivity index (χ2n) is 8.28. The summed E-state index contributed by atoms with van der Waals surface area (Å²) in [6.07, 6.45) is -3.23. The SMILES string of the molecule is CCCN(CCC)S(=O)(=O)c1ccc(C(=O)Nc2nnc(SCC(=O)Nc3cc(C(F)(F)F)ccc3Cl)s2)cc1. The van der Waals surface area contributed by atoms with Gasteiger partial charge in [0.25, 0.3) is 5.91 Å². The van der Waals surface area contributed by atoms with Crippen LogP contribution in [0.5, 0.6) is 0 Å². The lowest BCUT2D eigenvalue weighted by molar-refractivity contribution is -0.137. The van der Waals surface area contributed by atoms with Crippen LogP contribution in [0.15, 0.2) is 51.7 Å². The molecule has 0 atom stereocenters. The van der Waals surface area contributed by atoms with Gasteiger partial charge in [0.05, 0.1) is 26.9 Å². The molecule has 2 aromatic carbocycles. The van der Waals surface area contributed by atoms with E-state index in [0.29, 0.717) is 30.3 Å². The number of nitrogens with zero attached hydrogens (tertiary/aromatic N) is 3. The van der Waals surface area contributed by atoms with E-state index in [1.54, 1.807) is 0 Å². The third-order valence-corrected chi connectivity index (χ3v) is 9.44. The van der Waals surface area contributed by atoms with Crippen molar-refractivity contribution in [3.63, 3.8) is 0 Å². The third-order valence-electron chi connectivity index (χ3n) is 5.22. The molecule has 0 aliphatic rings. The molecular formula is C24H25ClF3N5O4S3. The van der Waals surface area contributed by atoms with E-state index in [0.717, 1.165) is 41.3 Å². The summed E-state index contributed by atoms with van der Waals surface area (Å²) in [5.41, 5.74) is -0.914. The summed E-state index contributed by atoms with van der Waals surface area (Å²) in [6.45, 7) is 4.59. The van der Waals surface area contributed by atoms with Crippen molar-refractivity contribution in [2.45, 2.75) is 42.1 Å². The zero-order valence-electron chi connectivity index (χ0n) is 21.3. The van der Waals surface area contributed by atoms with Crippen LogP contribution in [0.4, 0.5) is 24.0 Å². The smallest absolute Gasteiger partial charge is 0.324 e. The summed E-state index contributed by atoms with van der Waals surface area (Å²) < 4.78 is 66.3. The van der Waals surface area contributed by atoms with Crippen molar-refractivity contribution in [1.82, 2.24) is 14.5 Å². The average molecular weight is 636 g/mol. The summed E-state index contributed by atoms with van der Waals surface area (Å²) in [5, 5.41) is 12.7. The molecule has 16 heteroatoms. The van der Waals surface area contributed by atoms with Crippen LogP contribution in [-0.4, -0.2) is 53.6 Å². The van der Waals surface area contributed by atoms with Crippen LogP contribution in [0.2, 0.25) is 5.02 Å². The first-order valence-electron chi connectivity index (χ1n) is 11.9. The number of hydrogen-bond acceptors (Lipinski definition) is 8. The third kappa shape index (κ3) is 8.39. The maximum atomic E-state index is 12.9. The van der Waals surface area contributed by atoms with Crippen LogP contribution in [0.25, 0.3) is 0 Å². The number of alkyl halides is 3. The van der Waals surface area contributed by atoms with Gasteiger partial charge in [-0.05, 0) is 55.3 Å². The Kier molecular flexibility index (Phi) is 10.9. The zero-order chi connectivity index (χ0) is 29.5. The van der Waals surface area contributed by atoms with Crippen LogP contribution in [-0.2, 0) is 21.0 Å². The summed E-state index contributed by atoms with van der Waals surface area (Å²) in [6, 6.07) is 8.16. The van der Waals surface area contributed by atoms with E-state index in [4.69, 9.17) is 11.6 Å². The number of carbonyl (C=O) groups is 2. The minimum absolute atomic E-state index is 0.0443. The molecule has 0 fully saturated rings. The minimum atomic E-state index is -4.59. The van der Waals surface area contributed by atoms with Gasteiger partial charge >= 0.3 is 6.18 Å². The fourth-order valence-electron chi connectivity index (χ4n) is 3.38. The molecule has 0 unspecified atom stereocenters. The number of hydrogen-bond donors (Lipinski definition) is 2. The Morgan fingerprint density at radius 1 is 1.02 bits per heavy atom. The van der Waals surface area contributed by atoms with Crippen LogP contribution >= 0.6 is 34.7 Å². The molecule has 0 saturated carbocycles. The molecule has 3 aromatic rings. The number of benzene rings is 2. The molecule has 0 aliphatic carbocycles. The highest BCUT2D eigenvalue weighted by Gasteiger charge is 2.31. The molecule has 3 rings (SSSR count). The van der Waals surface area contributed by atoms with Gasteiger partial charge in [-0.1, -0.05) is 48.5 Å². The fraction of sp³-hybridized carbons (Fsp3) is 0.333. The Labute approximate surface area is 242 Å². The van der Waals surface area contributed by atoms with Gasteiger partial charge in [-0.15, -0.1) is 10.2 Å². The number of anilines is 2. The second-order valence-corrected chi connectivity index (χ2v) is 12.8. The lowest BCUT2D eigenvalue weighted by Gasteiger charge is -2.21. The number of amides is 2. The van der Waals surface area contributed by atoms with Crippen molar-refractivity contribution >= 4 is 67.4 Å². The van der Waals surface area contributed by atoms with Crippen LogP contribution in [0, 0.1) is 0 Å². The molecular weight excluding hydrogens is 611 g/mol. The lowest BCUT2D eigenvalue weighted by atomic mass is 10.2. The number of rotatable bonds is 12. The van der Waals surface area contributed by atoms with Crippen LogP contribution < -0.4 is 10.6 Å². The quantitative estimate of drug-likeness (QED) is 0.185. The van der Waals surface area contributed by atoms with Crippen LogP contribution in [0.3, 0.4) is 0 Å². The highest BCUT2D eigenvalue weighted by molar-refractivity contribution is 8.01. The minimum Gasteiger partial charge on any atom is -0.324 e. The standard InChI is InChI=1S/C24H25ClF3N5O4S3/c1-3-11-33(12-4-2)40(36,37)17-8-5-15(6-9-17)21(35)30-22-31-32-23(39-22)38-14-20(34)29-19-13-16(24(26,27)28)7-10-18(19)25/h5-10,13H,3-4,11-12,14H2,1-2H3,(H,29,34)(H,30,31,35). The molecule has 216 valence electrons. The summed E-state index contributed by atoms with van der Waals surface area (Å²) in [4.78, 5) is 25.0. The molecule has 1 heterocycles. The number of halogens is 4. The molecule has 0 radical (unpaired) electrons. The van der Waals surface area contributed by atoms with Crippen molar-refractivity contribution in [1.29, 1.82) is 0 Å². The highest BCUT2D eigenvalue weighted by Crippen LogP contribution is 2.34. The van der Waals surface area contributed by atoms with Crippen LogP contribution in [0.1, 0.15) is 42.6 Å². The molecule has 1 aromatic heterocycles. The van der Waals surface area contributed by atoms with E-state index >= 15 is 0 Å². The topological polar surface area (TPSA) is 121 Å². The van der Waals surface area contributed by atoms with Crippen molar-refractivity contribution in [3.8, 4) is 0 Å². The predicted octanol–water partition coefficient (Wildman–Crippen LogP) is 6.00. The number of thioether (sulfide) groups is 1. The zero-order valence-corrected chi connectivity index (χ0v) is 24.5. The molecule has 9 nitrogen and oxygen atoms in total. The van der Waals surface area contributed by atoms with E-state index in [9.17, 15) is 31.2 Å². The number of aromatic nitrogens is 2. The largest absolute Gasteiger partial charge is 0.416 e. The Morgan fingerprint density at radius 3 is 2.27 bits per heavy atom. The van der Waals surface area contributed by atoms with Gasteiger partial charge in [-0.2, -0.15) is 17.5 Å². The predicted molar refractivity (Wildman–Crippen MR) is 149 cm³/mol. The summed E-state index contributed by atoms with van der Waals surface area (Å²) in [5.74, 6) is -1.34. The number of nitrogens with one attached hydrogen (secondary N) is 2. The maximum absolute atomic E-state index is 12.9. The first kappa shape index (κ1) is 31.8. The maximum Gasteiger partial charge on any atom is 0.416 e. The Morgan fingerprint density at radius 2 is 1.68 bits per heavy atom. The van der Waals surface area contributed by atoms with Gasteiger partial charge in [-0.25, -0.2) is 8.42 Å². The van der Waals surface area contributed by atoms with Crippen molar-refractivity contribution in [2.75, 3.05) is 29.5 Å². The van der Waals surface area contributed by atoms with Gasteiger partial charge in [-0.3, -0.25) is 14.9 Å². The Balaban J connectivity index is 1.57. The van der Waals surface area contributed by atoms with Crippen molar-refractivity contribution in [2.24, 2.45) is 0 Å². The fourth-order valence-corrected chi connectivity index (χ4v) is 6.71. The summed E-state index contributed by atoms with van der Waals surface area (Å²) >= 11 is 7.85. The highest BCUT2D eigenvalue weighted by atomic mass is 35.5. The van der Waals surface area contributed by atoms with E-state index in [1.165, 1.54) is 28.6 Å². The molecule has 0 saturated heterocycles. The van der Waals surface area contributed by atoms with Gasteiger partial charge in [0.1, 0.15) is 0 Å². The monoisotopic (exact) mass is 635 g/mol. The first-order valence-corrected chi connectivity index (χ1v) is 15.5. The molecule has 0 bridgehead atoms. The van der Waals surface area contributed by atoms with E-state index in [2.05, 4.69) is 20.8 Å². The number of sulfonamides is 1. The first-order chi connectivity index (χ1) is 18.8. The molecule has 0 spiro atoms. The number of carbonyl (C=O) groups excluding carboxylic acids is 2. The van der Waals surface area contributed by atoms with Gasteiger partial charge < -0.3 is 5.32 Å². The van der Waals surface area contributed by atoms with Gasteiger partial charge in [0.2, 0.25) is 21.1 Å². The van der Waals surface area contributed by atoms with E-state index in [1.807, 2.05) is 13.8 Å². The molecule has 2 amide bonds. The van der Waals surface area contributed by atoms with Gasteiger partial charge in [0, 0.05) is 18.7 Å². The van der Waals surface area contributed by atoms with E-state index in [-0.39, 0.29) is 32.1 Å². The Bertz CT molecular complexity index is 1440. The van der Waals surface area contributed by atoms with Gasteiger partial charge in [0.15, 0.2) is 4.34 Å². The summed E-state index contributed by atoms with van der Waals surface area (Å²) in [7, 11) is -3.68. The normalized spacial score (nSPS) is 12.0. The van der Waals surface area contributed by atoms with Crippen molar-refractivity contribution < 1.29 is 31.2 Å². The Hall–Kier alpha value is -2.72. The van der Waals surface area contributed by atoms with E-state index < -0.39 is 33.6 Å². The lowest BCUT2D eigenvalue weighted by Crippen LogP contribution is -2.32. The van der Waals surface area contributed by atoms with Crippen molar-refractivity contribution in [3.05, 3.63) is 58.6 Å².